The Morgan fingerprint density at radius 2 is 2.00 bits per heavy atom. The smallest absolute Gasteiger partial charge is 0.246 e. The Hall–Kier alpha value is -2.26. The second kappa shape index (κ2) is 7.66. The third-order valence-corrected chi connectivity index (χ3v) is 3.53. The van der Waals surface area contributed by atoms with Crippen LogP contribution in [0.5, 0.6) is 0 Å². The highest BCUT2D eigenvalue weighted by atomic mass is 35.5. The number of nitrogens with zero attached hydrogens (tertiary/aromatic N) is 1. The van der Waals surface area contributed by atoms with Gasteiger partial charge in [-0.25, -0.2) is 0 Å². The number of aryl methyl sites for hydroxylation is 1. The number of anilines is 2. The van der Waals surface area contributed by atoms with Gasteiger partial charge in [-0.05, 0) is 42.8 Å². The van der Waals surface area contributed by atoms with Crippen LogP contribution in [0, 0.1) is 6.92 Å². The molecular formula is C18H19ClN2O. The Kier molecular flexibility index (Phi) is 5.61. The van der Waals surface area contributed by atoms with Crippen LogP contribution in [0.25, 0.3) is 0 Å². The highest BCUT2D eigenvalue weighted by Gasteiger charge is 2.14. The lowest BCUT2D eigenvalue weighted by molar-refractivity contribution is -0.116. The minimum absolute atomic E-state index is 0.0135. The van der Waals surface area contributed by atoms with Gasteiger partial charge in [-0.2, -0.15) is 0 Å². The van der Waals surface area contributed by atoms with Gasteiger partial charge in [-0.1, -0.05) is 35.9 Å². The lowest BCUT2D eigenvalue weighted by Crippen LogP contribution is -2.35. The Morgan fingerprint density at radius 3 is 2.64 bits per heavy atom. The van der Waals surface area contributed by atoms with Crippen LogP contribution in [0.15, 0.2) is 61.2 Å². The first kappa shape index (κ1) is 16.1. The number of nitrogens with one attached hydrogen (secondary N) is 1. The molecule has 0 unspecified atom stereocenters. The van der Waals surface area contributed by atoms with E-state index in [1.165, 1.54) is 0 Å². The number of halogens is 1. The first-order valence-electron chi connectivity index (χ1n) is 7.08. The zero-order chi connectivity index (χ0) is 15.9. The fourth-order valence-electron chi connectivity index (χ4n) is 2.18. The van der Waals surface area contributed by atoms with E-state index >= 15 is 0 Å². The summed E-state index contributed by atoms with van der Waals surface area (Å²) in [5, 5.41) is 3.85. The van der Waals surface area contributed by atoms with E-state index in [0.717, 1.165) is 16.9 Å². The van der Waals surface area contributed by atoms with Gasteiger partial charge in [0.05, 0.1) is 6.54 Å². The lowest BCUT2D eigenvalue weighted by atomic mass is 10.2. The largest absolute Gasteiger partial charge is 0.376 e. The van der Waals surface area contributed by atoms with E-state index in [1.54, 1.807) is 17.0 Å². The predicted molar refractivity (Wildman–Crippen MR) is 93.7 cm³/mol. The zero-order valence-electron chi connectivity index (χ0n) is 12.6. The van der Waals surface area contributed by atoms with Crippen molar-refractivity contribution in [1.29, 1.82) is 0 Å². The molecule has 0 heterocycles. The molecule has 0 aliphatic heterocycles. The second-order valence-electron chi connectivity index (χ2n) is 4.94. The second-order valence-corrected chi connectivity index (χ2v) is 5.38. The Morgan fingerprint density at radius 1 is 1.27 bits per heavy atom. The molecule has 0 atom stereocenters. The van der Waals surface area contributed by atoms with Crippen molar-refractivity contribution in [2.24, 2.45) is 0 Å². The van der Waals surface area contributed by atoms with Crippen LogP contribution in [-0.2, 0) is 4.79 Å². The number of rotatable bonds is 6. The topological polar surface area (TPSA) is 32.3 Å². The van der Waals surface area contributed by atoms with E-state index in [4.69, 9.17) is 11.6 Å². The average Bonchev–Trinajstić information content (AvgIpc) is 2.52. The third kappa shape index (κ3) is 4.12. The first-order valence-corrected chi connectivity index (χ1v) is 7.46. The normalized spacial score (nSPS) is 10.1. The summed E-state index contributed by atoms with van der Waals surface area (Å²) < 4.78 is 0. The van der Waals surface area contributed by atoms with Gasteiger partial charge in [0.25, 0.3) is 0 Å². The van der Waals surface area contributed by atoms with E-state index in [0.29, 0.717) is 11.6 Å². The van der Waals surface area contributed by atoms with Gasteiger partial charge < -0.3 is 10.2 Å². The third-order valence-electron chi connectivity index (χ3n) is 3.30. The van der Waals surface area contributed by atoms with Gasteiger partial charge in [0.1, 0.15) is 0 Å². The molecule has 1 N–H and O–H groups in total. The number of carbonyl (C=O) groups excluding carboxylic acids is 1. The molecule has 0 aliphatic rings. The van der Waals surface area contributed by atoms with E-state index in [9.17, 15) is 4.79 Å². The minimum atomic E-state index is -0.0135. The number of hydrogen-bond donors (Lipinski definition) is 1. The van der Waals surface area contributed by atoms with E-state index in [1.807, 2.05) is 49.4 Å². The lowest BCUT2D eigenvalue weighted by Gasteiger charge is -2.22. The van der Waals surface area contributed by atoms with Gasteiger partial charge in [-0.15, -0.1) is 6.58 Å². The summed E-state index contributed by atoms with van der Waals surface area (Å²) >= 11 is 5.94. The fraction of sp³-hybridized carbons (Fsp3) is 0.167. The molecule has 2 rings (SSSR count). The first-order chi connectivity index (χ1) is 10.6. The molecule has 0 bridgehead atoms. The van der Waals surface area contributed by atoms with E-state index < -0.39 is 0 Å². The Bertz CT molecular complexity index is 655. The standard InChI is InChI=1S/C18H19ClN2O/c1-3-11-21(16-7-5-4-6-8-16)18(22)13-20-17-10-9-15(19)12-14(17)2/h3-10,12,20H,1,11,13H2,2H3. The molecule has 0 aromatic heterocycles. The molecule has 3 nitrogen and oxygen atoms in total. The van der Waals surface area contributed by atoms with Crippen molar-refractivity contribution in [2.75, 3.05) is 23.3 Å². The van der Waals surface area contributed by atoms with Crippen molar-refractivity contribution in [2.45, 2.75) is 6.92 Å². The van der Waals surface area contributed by atoms with Gasteiger partial charge in [-0.3, -0.25) is 4.79 Å². The maximum absolute atomic E-state index is 12.5. The summed E-state index contributed by atoms with van der Waals surface area (Å²) in [6.07, 6.45) is 1.72. The SMILES string of the molecule is C=CCN(C(=O)CNc1ccc(Cl)cc1C)c1ccccc1. The highest BCUT2D eigenvalue weighted by Crippen LogP contribution is 2.20. The molecule has 0 aliphatic carbocycles. The number of benzene rings is 2. The maximum atomic E-state index is 12.5. The summed E-state index contributed by atoms with van der Waals surface area (Å²) in [5.74, 6) is -0.0135. The zero-order valence-corrected chi connectivity index (χ0v) is 13.3. The molecule has 2 aromatic rings. The molecule has 0 radical (unpaired) electrons. The summed E-state index contributed by atoms with van der Waals surface area (Å²) in [7, 11) is 0. The molecular weight excluding hydrogens is 296 g/mol. The monoisotopic (exact) mass is 314 g/mol. The predicted octanol–water partition coefficient (Wildman–Crippen LogP) is 4.28. The van der Waals surface area contributed by atoms with Crippen LogP contribution in [0.1, 0.15) is 5.56 Å². The molecule has 4 heteroatoms. The Balaban J connectivity index is 2.07. The van der Waals surface area contributed by atoms with Crippen molar-refractivity contribution in [1.82, 2.24) is 0 Å². The van der Waals surface area contributed by atoms with Crippen molar-refractivity contribution >= 4 is 28.9 Å². The average molecular weight is 315 g/mol. The maximum Gasteiger partial charge on any atom is 0.246 e. The quantitative estimate of drug-likeness (QED) is 0.807. The summed E-state index contributed by atoms with van der Waals surface area (Å²) in [5.41, 5.74) is 2.78. The molecule has 0 fully saturated rings. The summed E-state index contributed by atoms with van der Waals surface area (Å²) in [4.78, 5) is 14.2. The molecule has 114 valence electrons. The van der Waals surface area contributed by atoms with E-state index in [-0.39, 0.29) is 12.5 Å². The highest BCUT2D eigenvalue weighted by molar-refractivity contribution is 6.30. The van der Waals surface area contributed by atoms with Gasteiger partial charge in [0, 0.05) is 22.9 Å². The number of amides is 1. The van der Waals surface area contributed by atoms with Crippen LogP contribution in [0.3, 0.4) is 0 Å². The van der Waals surface area contributed by atoms with Crippen molar-refractivity contribution in [3.8, 4) is 0 Å². The summed E-state index contributed by atoms with van der Waals surface area (Å²) in [6.45, 7) is 6.37. The molecule has 1 amide bonds. The number of carbonyl (C=O) groups is 1. The van der Waals surface area contributed by atoms with E-state index in [2.05, 4.69) is 11.9 Å². The van der Waals surface area contributed by atoms with Gasteiger partial charge in [0.15, 0.2) is 0 Å². The van der Waals surface area contributed by atoms with Crippen LogP contribution in [-0.4, -0.2) is 19.0 Å². The Labute approximate surface area is 136 Å². The molecule has 22 heavy (non-hydrogen) atoms. The van der Waals surface area contributed by atoms with Gasteiger partial charge in [0.2, 0.25) is 5.91 Å². The van der Waals surface area contributed by atoms with Crippen molar-refractivity contribution < 1.29 is 4.79 Å². The molecule has 0 saturated carbocycles. The molecule has 0 spiro atoms. The fourth-order valence-corrected chi connectivity index (χ4v) is 2.41. The van der Waals surface area contributed by atoms with Crippen LogP contribution < -0.4 is 10.2 Å². The minimum Gasteiger partial charge on any atom is -0.376 e. The van der Waals surface area contributed by atoms with Crippen molar-refractivity contribution in [3.05, 3.63) is 71.8 Å². The van der Waals surface area contributed by atoms with Crippen LogP contribution in [0.2, 0.25) is 5.02 Å². The molecule has 2 aromatic carbocycles. The number of para-hydroxylation sites is 1. The number of hydrogen-bond acceptors (Lipinski definition) is 2. The van der Waals surface area contributed by atoms with Crippen LogP contribution >= 0.6 is 11.6 Å². The van der Waals surface area contributed by atoms with Crippen LogP contribution in [0.4, 0.5) is 11.4 Å². The van der Waals surface area contributed by atoms with Crippen molar-refractivity contribution in [3.63, 3.8) is 0 Å². The summed E-state index contributed by atoms with van der Waals surface area (Å²) in [6, 6.07) is 15.1. The molecule has 0 saturated heterocycles. The van der Waals surface area contributed by atoms with Gasteiger partial charge >= 0.3 is 0 Å².